The average Bonchev–Trinajstić information content (AvgIpc) is 2.83. The molecule has 1 amide bonds. The Morgan fingerprint density at radius 1 is 1.38 bits per heavy atom. The Morgan fingerprint density at radius 3 is 2.76 bits per heavy atom. The lowest BCUT2D eigenvalue weighted by Gasteiger charge is -2.12. The van der Waals surface area contributed by atoms with E-state index in [9.17, 15) is 9.18 Å². The smallest absolute Gasteiger partial charge is 0.268 e. The molecule has 2 rings (SSSR count). The Morgan fingerprint density at radius 2 is 2.10 bits per heavy atom. The molecule has 0 spiro atoms. The van der Waals surface area contributed by atoms with E-state index in [4.69, 9.17) is 5.73 Å². The van der Waals surface area contributed by atoms with Crippen LogP contribution in [0.2, 0.25) is 0 Å². The number of halogens is 1. The van der Waals surface area contributed by atoms with Crippen molar-refractivity contribution < 1.29 is 9.18 Å². The number of aromatic nitrogens is 1. The topological polar surface area (TPSA) is 60.0 Å². The number of carbonyl (C=O) groups excluding carboxylic acids is 1. The predicted molar refractivity (Wildman–Crippen MR) is 81.7 cm³/mol. The fourth-order valence-corrected chi connectivity index (χ4v) is 2.21. The number of anilines is 1. The third-order valence-electron chi connectivity index (χ3n) is 3.30. The molecule has 0 radical (unpaired) electrons. The van der Waals surface area contributed by atoms with Gasteiger partial charge in [0.25, 0.3) is 5.91 Å². The summed E-state index contributed by atoms with van der Waals surface area (Å²) in [6.07, 6.45) is 2.20. The van der Waals surface area contributed by atoms with E-state index >= 15 is 0 Å². The van der Waals surface area contributed by atoms with Gasteiger partial charge in [0.1, 0.15) is 11.5 Å². The molecule has 1 aromatic heterocycles. The normalized spacial score (nSPS) is 10.9. The van der Waals surface area contributed by atoms with Crippen LogP contribution in [0.1, 0.15) is 35.9 Å². The Hall–Kier alpha value is -2.30. The molecular formula is C16H20FN3O. The summed E-state index contributed by atoms with van der Waals surface area (Å²) in [4.78, 5) is 12.2. The molecule has 112 valence electrons. The van der Waals surface area contributed by atoms with Gasteiger partial charge in [-0.3, -0.25) is 4.79 Å². The van der Waals surface area contributed by atoms with Crippen molar-refractivity contribution in [1.29, 1.82) is 0 Å². The fraction of sp³-hybridized carbons (Fsp3) is 0.312. The third kappa shape index (κ3) is 3.62. The van der Waals surface area contributed by atoms with Gasteiger partial charge in [0.15, 0.2) is 0 Å². The van der Waals surface area contributed by atoms with Crippen molar-refractivity contribution >= 4 is 11.6 Å². The van der Waals surface area contributed by atoms with Crippen LogP contribution in [0.3, 0.4) is 0 Å². The molecule has 1 aromatic carbocycles. The predicted octanol–water partition coefficient (Wildman–Crippen LogP) is 2.76. The maximum atomic E-state index is 13.5. The monoisotopic (exact) mass is 289 g/mol. The molecule has 0 aliphatic heterocycles. The van der Waals surface area contributed by atoms with Crippen LogP contribution in [0.25, 0.3) is 0 Å². The van der Waals surface area contributed by atoms with Crippen molar-refractivity contribution in [1.82, 2.24) is 9.88 Å². The zero-order chi connectivity index (χ0) is 15.4. The minimum atomic E-state index is -0.249. The number of benzene rings is 1. The maximum absolute atomic E-state index is 13.5. The van der Waals surface area contributed by atoms with Crippen molar-refractivity contribution in [3.8, 4) is 0 Å². The van der Waals surface area contributed by atoms with E-state index < -0.39 is 0 Å². The minimum Gasteiger partial charge on any atom is -0.397 e. The Balaban J connectivity index is 1.98. The lowest BCUT2D eigenvalue weighted by atomic mass is 10.1. The molecule has 0 fully saturated rings. The van der Waals surface area contributed by atoms with Gasteiger partial charge < -0.3 is 15.6 Å². The first kappa shape index (κ1) is 15.1. The van der Waals surface area contributed by atoms with Crippen molar-refractivity contribution in [3.05, 3.63) is 53.6 Å². The van der Waals surface area contributed by atoms with Crippen LogP contribution in [0.4, 0.5) is 10.1 Å². The molecule has 0 saturated heterocycles. The van der Waals surface area contributed by atoms with E-state index in [2.05, 4.69) is 5.32 Å². The van der Waals surface area contributed by atoms with E-state index in [1.807, 2.05) is 18.4 Å². The summed E-state index contributed by atoms with van der Waals surface area (Å²) in [5, 5.41) is 2.80. The number of nitrogen functional groups attached to an aromatic ring is 1. The van der Waals surface area contributed by atoms with Crippen LogP contribution in [0, 0.1) is 5.82 Å². The standard InChI is InChI=1S/C16H20FN3O/c1-11(2)20-10-13(18)9-15(20)16(21)19-8-7-12-5-3-4-6-14(12)17/h3-6,9-11H,7-8,18H2,1-2H3,(H,19,21). The molecule has 0 bridgehead atoms. The lowest BCUT2D eigenvalue weighted by molar-refractivity contribution is 0.0943. The number of rotatable bonds is 5. The zero-order valence-electron chi connectivity index (χ0n) is 12.3. The molecule has 0 aliphatic rings. The average molecular weight is 289 g/mol. The molecule has 3 N–H and O–H groups in total. The second kappa shape index (κ2) is 6.43. The van der Waals surface area contributed by atoms with Crippen LogP contribution < -0.4 is 11.1 Å². The molecule has 5 heteroatoms. The summed E-state index contributed by atoms with van der Waals surface area (Å²) in [6.45, 7) is 4.34. The van der Waals surface area contributed by atoms with Crippen molar-refractivity contribution in [3.63, 3.8) is 0 Å². The largest absolute Gasteiger partial charge is 0.397 e. The second-order valence-electron chi connectivity index (χ2n) is 5.26. The van der Waals surface area contributed by atoms with Crippen LogP contribution in [0.15, 0.2) is 36.5 Å². The molecule has 2 aromatic rings. The van der Waals surface area contributed by atoms with Gasteiger partial charge in [-0.2, -0.15) is 0 Å². The molecule has 0 unspecified atom stereocenters. The number of nitrogens with zero attached hydrogens (tertiary/aromatic N) is 1. The van der Waals surface area contributed by atoms with Gasteiger partial charge in [0, 0.05) is 18.8 Å². The van der Waals surface area contributed by atoms with Crippen LogP contribution in [-0.4, -0.2) is 17.0 Å². The number of nitrogens with one attached hydrogen (secondary N) is 1. The zero-order valence-corrected chi connectivity index (χ0v) is 12.3. The fourth-order valence-electron chi connectivity index (χ4n) is 2.21. The molecule has 1 heterocycles. The van der Waals surface area contributed by atoms with Gasteiger partial charge in [0.2, 0.25) is 0 Å². The van der Waals surface area contributed by atoms with Gasteiger partial charge >= 0.3 is 0 Å². The van der Waals surface area contributed by atoms with Gasteiger partial charge in [-0.1, -0.05) is 18.2 Å². The number of amides is 1. The van der Waals surface area contributed by atoms with E-state index in [0.29, 0.717) is 29.9 Å². The minimum absolute atomic E-state index is 0.148. The highest BCUT2D eigenvalue weighted by molar-refractivity contribution is 5.93. The van der Waals surface area contributed by atoms with E-state index in [-0.39, 0.29) is 17.8 Å². The Labute approximate surface area is 123 Å². The number of carbonyl (C=O) groups is 1. The molecule has 0 aliphatic carbocycles. The highest BCUT2D eigenvalue weighted by Gasteiger charge is 2.14. The number of hydrogen-bond donors (Lipinski definition) is 2. The second-order valence-corrected chi connectivity index (χ2v) is 5.26. The first-order valence-corrected chi connectivity index (χ1v) is 6.98. The van der Waals surface area contributed by atoms with Crippen LogP contribution >= 0.6 is 0 Å². The lowest BCUT2D eigenvalue weighted by Crippen LogP contribution is -2.28. The number of nitrogens with two attached hydrogens (primary N) is 1. The highest BCUT2D eigenvalue weighted by Crippen LogP contribution is 2.16. The molecule has 21 heavy (non-hydrogen) atoms. The molecular weight excluding hydrogens is 269 g/mol. The van der Waals surface area contributed by atoms with E-state index in [1.54, 1.807) is 30.5 Å². The summed E-state index contributed by atoms with van der Waals surface area (Å²) < 4.78 is 15.3. The molecule has 4 nitrogen and oxygen atoms in total. The number of hydrogen-bond acceptors (Lipinski definition) is 2. The van der Waals surface area contributed by atoms with E-state index in [0.717, 1.165) is 0 Å². The third-order valence-corrected chi connectivity index (χ3v) is 3.30. The van der Waals surface area contributed by atoms with Crippen LogP contribution in [0.5, 0.6) is 0 Å². The van der Waals surface area contributed by atoms with Gasteiger partial charge in [-0.05, 0) is 38.0 Å². The van der Waals surface area contributed by atoms with Crippen molar-refractivity contribution in [2.24, 2.45) is 0 Å². The van der Waals surface area contributed by atoms with E-state index in [1.165, 1.54) is 6.07 Å². The van der Waals surface area contributed by atoms with Gasteiger partial charge in [-0.25, -0.2) is 4.39 Å². The van der Waals surface area contributed by atoms with Crippen molar-refractivity contribution in [2.75, 3.05) is 12.3 Å². The summed E-state index contributed by atoms with van der Waals surface area (Å²) in [5.74, 6) is -0.446. The quantitative estimate of drug-likeness (QED) is 0.889. The Bertz CT molecular complexity index is 634. The van der Waals surface area contributed by atoms with Gasteiger partial charge in [-0.15, -0.1) is 0 Å². The van der Waals surface area contributed by atoms with Gasteiger partial charge in [0.05, 0.1) is 5.69 Å². The summed E-state index contributed by atoms with van der Waals surface area (Å²) in [7, 11) is 0. The summed E-state index contributed by atoms with van der Waals surface area (Å²) in [6, 6.07) is 8.37. The van der Waals surface area contributed by atoms with Crippen LogP contribution in [-0.2, 0) is 6.42 Å². The highest BCUT2D eigenvalue weighted by atomic mass is 19.1. The maximum Gasteiger partial charge on any atom is 0.268 e. The summed E-state index contributed by atoms with van der Waals surface area (Å²) in [5.41, 5.74) is 7.42. The Kier molecular flexibility index (Phi) is 4.62. The SMILES string of the molecule is CC(C)n1cc(N)cc1C(=O)NCCc1ccccc1F. The first-order chi connectivity index (χ1) is 9.99. The summed E-state index contributed by atoms with van der Waals surface area (Å²) >= 11 is 0. The molecule has 0 atom stereocenters. The van der Waals surface area contributed by atoms with Crippen molar-refractivity contribution in [2.45, 2.75) is 26.3 Å². The molecule has 0 saturated carbocycles. The first-order valence-electron chi connectivity index (χ1n) is 6.98.